The van der Waals surface area contributed by atoms with E-state index in [0.29, 0.717) is 12.5 Å². The van der Waals surface area contributed by atoms with Gasteiger partial charge in [0.2, 0.25) is 0 Å². The molecule has 28 heavy (non-hydrogen) atoms. The minimum Gasteiger partial charge on any atom is -0.351 e. The molecule has 2 aromatic carbocycles. The fourth-order valence-corrected chi connectivity index (χ4v) is 5.26. The maximum absolute atomic E-state index is 12.7. The maximum atomic E-state index is 12.7. The van der Waals surface area contributed by atoms with E-state index in [2.05, 4.69) is 66.8 Å². The van der Waals surface area contributed by atoms with Gasteiger partial charge in [-0.05, 0) is 54.4 Å². The van der Waals surface area contributed by atoms with Crippen LogP contribution in [0.15, 0.2) is 66.7 Å². The number of aryl methyl sites for hydroxylation is 1. The summed E-state index contributed by atoms with van der Waals surface area (Å²) in [7, 11) is 0. The van der Waals surface area contributed by atoms with Crippen LogP contribution in [-0.2, 0) is 12.8 Å². The molecule has 0 bridgehead atoms. The summed E-state index contributed by atoms with van der Waals surface area (Å²) in [5.41, 5.74) is 3.98. The molecule has 0 unspecified atom stereocenters. The third-order valence-corrected chi connectivity index (χ3v) is 6.91. The number of nitrogens with one attached hydrogen (secondary N) is 1. The van der Waals surface area contributed by atoms with E-state index in [1.54, 1.807) is 11.3 Å². The first-order chi connectivity index (χ1) is 13.7. The summed E-state index contributed by atoms with van der Waals surface area (Å²) in [4.78, 5) is 15.0. The predicted molar refractivity (Wildman–Crippen MR) is 117 cm³/mol. The van der Waals surface area contributed by atoms with E-state index >= 15 is 0 Å². The molecule has 0 spiro atoms. The van der Waals surface area contributed by atoms with E-state index in [0.717, 1.165) is 30.1 Å². The summed E-state index contributed by atoms with van der Waals surface area (Å²) < 4.78 is 0. The molecule has 0 saturated heterocycles. The van der Waals surface area contributed by atoms with Gasteiger partial charge in [-0.15, -0.1) is 11.3 Å². The zero-order chi connectivity index (χ0) is 19.3. The Hall–Kier alpha value is -2.39. The fourth-order valence-electron chi connectivity index (χ4n) is 4.13. The number of thiophene rings is 1. The van der Waals surface area contributed by atoms with Gasteiger partial charge in [0.1, 0.15) is 0 Å². The van der Waals surface area contributed by atoms with Crippen LogP contribution in [0.25, 0.3) is 0 Å². The van der Waals surface area contributed by atoms with Gasteiger partial charge in [-0.1, -0.05) is 67.6 Å². The number of fused-ring (bicyclic) bond motifs is 1. The summed E-state index contributed by atoms with van der Waals surface area (Å²) >= 11 is 1.69. The Morgan fingerprint density at radius 3 is 2.36 bits per heavy atom. The van der Waals surface area contributed by atoms with Crippen molar-refractivity contribution in [3.05, 3.63) is 93.2 Å². The summed E-state index contributed by atoms with van der Waals surface area (Å²) in [5.74, 6) is 1.10. The van der Waals surface area contributed by atoms with Gasteiger partial charge in [-0.2, -0.15) is 0 Å². The molecule has 3 heteroatoms. The number of benzene rings is 2. The monoisotopic (exact) mass is 389 g/mol. The van der Waals surface area contributed by atoms with Gasteiger partial charge in [0, 0.05) is 17.3 Å². The lowest BCUT2D eigenvalue weighted by molar-refractivity contribution is 0.0956. The smallest absolute Gasteiger partial charge is 0.261 e. The first kappa shape index (κ1) is 18.9. The highest BCUT2D eigenvalue weighted by Gasteiger charge is 2.21. The minimum atomic E-state index is 0.0759. The fraction of sp³-hybridized carbons (Fsp3) is 0.320. The van der Waals surface area contributed by atoms with Crippen molar-refractivity contribution in [3.63, 3.8) is 0 Å². The van der Waals surface area contributed by atoms with Crippen molar-refractivity contribution in [2.45, 2.75) is 38.5 Å². The van der Waals surface area contributed by atoms with Crippen molar-refractivity contribution in [1.29, 1.82) is 0 Å². The Bertz CT molecular complexity index is 877. The van der Waals surface area contributed by atoms with Crippen LogP contribution in [0.1, 0.15) is 56.9 Å². The number of amides is 1. The topological polar surface area (TPSA) is 29.1 Å². The zero-order valence-corrected chi connectivity index (χ0v) is 17.2. The molecule has 2 nitrogen and oxygen atoms in total. The van der Waals surface area contributed by atoms with Crippen LogP contribution in [0.2, 0.25) is 0 Å². The second-order valence-electron chi connectivity index (χ2n) is 7.83. The number of carbonyl (C=O) groups excluding carboxylic acids is 1. The summed E-state index contributed by atoms with van der Waals surface area (Å²) in [6.45, 7) is 2.97. The number of hydrogen-bond acceptors (Lipinski definition) is 2. The Balaban J connectivity index is 1.41. The van der Waals surface area contributed by atoms with Gasteiger partial charge < -0.3 is 5.32 Å². The lowest BCUT2D eigenvalue weighted by Gasteiger charge is -2.18. The molecule has 1 aliphatic carbocycles. The van der Waals surface area contributed by atoms with Crippen LogP contribution >= 0.6 is 11.3 Å². The molecule has 4 rings (SSSR count). The Labute approximate surface area is 171 Å². The molecule has 1 atom stereocenters. The summed E-state index contributed by atoms with van der Waals surface area (Å²) in [6, 6.07) is 23.3. The zero-order valence-electron chi connectivity index (χ0n) is 16.4. The van der Waals surface area contributed by atoms with Crippen LogP contribution in [-0.4, -0.2) is 12.5 Å². The molecule has 3 aromatic rings. The van der Waals surface area contributed by atoms with Gasteiger partial charge in [0.05, 0.1) is 4.88 Å². The minimum absolute atomic E-state index is 0.0759. The van der Waals surface area contributed by atoms with E-state index in [4.69, 9.17) is 0 Å². The molecule has 0 fully saturated rings. The quantitative estimate of drug-likeness (QED) is 0.565. The first-order valence-electron chi connectivity index (χ1n) is 10.2. The molecule has 1 aliphatic rings. The van der Waals surface area contributed by atoms with Crippen LogP contribution in [0.5, 0.6) is 0 Å². The molecule has 1 aromatic heterocycles. The molecule has 1 N–H and O–H groups in total. The van der Waals surface area contributed by atoms with E-state index in [9.17, 15) is 4.79 Å². The van der Waals surface area contributed by atoms with Crippen molar-refractivity contribution in [1.82, 2.24) is 5.32 Å². The molecular formula is C25H27NOS. The maximum Gasteiger partial charge on any atom is 0.261 e. The Morgan fingerprint density at radius 1 is 1.07 bits per heavy atom. The summed E-state index contributed by atoms with van der Waals surface area (Å²) in [5, 5.41) is 3.16. The standard InChI is InChI=1S/C25H27NOS/c1-18-12-13-23-21(16-18)17-24(28-23)25(27)26-15-14-22(19-8-4-2-5-9-19)20-10-6-3-7-11-20/h2-11,17-18,22H,12-16H2,1H3,(H,26,27)/t18-/m0/s1. The van der Waals surface area contributed by atoms with Gasteiger partial charge >= 0.3 is 0 Å². The highest BCUT2D eigenvalue weighted by atomic mass is 32.1. The predicted octanol–water partition coefficient (Wildman–Crippen LogP) is 5.82. The van der Waals surface area contributed by atoms with Crippen molar-refractivity contribution in [3.8, 4) is 0 Å². The van der Waals surface area contributed by atoms with Gasteiger partial charge in [-0.25, -0.2) is 0 Å². The highest BCUT2D eigenvalue weighted by Crippen LogP contribution is 2.32. The van der Waals surface area contributed by atoms with E-state index in [1.807, 2.05) is 12.1 Å². The highest BCUT2D eigenvalue weighted by molar-refractivity contribution is 7.14. The average Bonchev–Trinajstić information content (AvgIpc) is 3.16. The third-order valence-electron chi connectivity index (χ3n) is 5.68. The van der Waals surface area contributed by atoms with Crippen molar-refractivity contribution < 1.29 is 4.79 Å². The molecule has 0 aliphatic heterocycles. The van der Waals surface area contributed by atoms with Crippen molar-refractivity contribution in [2.75, 3.05) is 6.54 Å². The number of hydrogen-bond donors (Lipinski definition) is 1. The molecule has 0 saturated carbocycles. The normalized spacial score (nSPS) is 16.0. The van der Waals surface area contributed by atoms with E-state index < -0.39 is 0 Å². The molecule has 1 heterocycles. The van der Waals surface area contributed by atoms with Crippen LogP contribution in [0.3, 0.4) is 0 Å². The van der Waals surface area contributed by atoms with Crippen LogP contribution in [0, 0.1) is 5.92 Å². The second-order valence-corrected chi connectivity index (χ2v) is 8.96. The Morgan fingerprint density at radius 2 is 1.71 bits per heavy atom. The molecule has 0 radical (unpaired) electrons. The average molecular weight is 390 g/mol. The van der Waals surface area contributed by atoms with E-state index in [1.165, 1.54) is 28.0 Å². The van der Waals surface area contributed by atoms with Crippen LogP contribution in [0.4, 0.5) is 0 Å². The SMILES string of the molecule is C[C@H]1CCc2sc(C(=O)NCCC(c3ccccc3)c3ccccc3)cc2C1. The van der Waals surface area contributed by atoms with Crippen molar-refractivity contribution in [2.24, 2.45) is 5.92 Å². The van der Waals surface area contributed by atoms with Gasteiger partial charge in [0.15, 0.2) is 0 Å². The third kappa shape index (κ3) is 4.36. The van der Waals surface area contributed by atoms with Gasteiger partial charge in [-0.3, -0.25) is 4.79 Å². The number of carbonyl (C=O) groups is 1. The van der Waals surface area contributed by atoms with Crippen LogP contribution < -0.4 is 5.32 Å². The lowest BCUT2D eigenvalue weighted by atomic mass is 9.88. The Kier molecular flexibility index (Phi) is 5.92. The lowest BCUT2D eigenvalue weighted by Crippen LogP contribution is -2.25. The first-order valence-corrected chi connectivity index (χ1v) is 11.0. The molecule has 1 amide bonds. The second kappa shape index (κ2) is 8.74. The summed E-state index contributed by atoms with van der Waals surface area (Å²) in [6.07, 6.45) is 4.37. The van der Waals surface area contributed by atoms with E-state index in [-0.39, 0.29) is 5.91 Å². The van der Waals surface area contributed by atoms with Gasteiger partial charge in [0.25, 0.3) is 5.91 Å². The largest absolute Gasteiger partial charge is 0.351 e. The molecular weight excluding hydrogens is 362 g/mol. The van der Waals surface area contributed by atoms with Crippen molar-refractivity contribution >= 4 is 17.2 Å². The number of rotatable bonds is 6. The molecule has 144 valence electrons.